The molecule has 120 valence electrons. The minimum Gasteiger partial charge on any atom is -0.348 e. The molecule has 0 unspecified atom stereocenters. The second kappa shape index (κ2) is 5.07. The molecule has 1 aromatic rings. The number of benzene rings is 1. The second-order valence-electron chi connectivity index (χ2n) is 7.88. The highest BCUT2D eigenvalue weighted by molar-refractivity contribution is 5.94. The van der Waals surface area contributed by atoms with Gasteiger partial charge in [-0.3, -0.25) is 4.79 Å². The maximum Gasteiger partial charge on any atom is 0.223 e. The molecule has 2 heterocycles. The van der Waals surface area contributed by atoms with E-state index in [4.69, 9.17) is 9.47 Å². The lowest BCUT2D eigenvalue weighted by Gasteiger charge is -2.35. The van der Waals surface area contributed by atoms with Crippen molar-refractivity contribution in [3.8, 4) is 0 Å². The van der Waals surface area contributed by atoms with Crippen molar-refractivity contribution in [2.45, 2.75) is 46.3 Å². The molecule has 4 nitrogen and oxygen atoms in total. The maximum absolute atomic E-state index is 11.8. The topological polar surface area (TPSA) is 38.8 Å². The van der Waals surface area contributed by atoms with Gasteiger partial charge in [0.1, 0.15) is 0 Å². The van der Waals surface area contributed by atoms with Crippen LogP contribution < -0.4 is 4.90 Å². The molecule has 2 aliphatic heterocycles. The number of hydrogen-bond donors (Lipinski definition) is 0. The summed E-state index contributed by atoms with van der Waals surface area (Å²) in [6.07, 6.45) is -0.305. The molecular weight excluding hydrogens is 278 g/mol. The van der Waals surface area contributed by atoms with Crippen LogP contribution in [-0.4, -0.2) is 25.7 Å². The van der Waals surface area contributed by atoms with E-state index in [1.54, 1.807) is 6.92 Å². The van der Waals surface area contributed by atoms with Gasteiger partial charge in [-0.25, -0.2) is 0 Å². The zero-order valence-electron chi connectivity index (χ0n) is 14.1. The van der Waals surface area contributed by atoms with E-state index in [9.17, 15) is 4.79 Å². The molecule has 1 fully saturated rings. The molecular formula is C18H25NO3. The van der Waals surface area contributed by atoms with Crippen LogP contribution in [0.3, 0.4) is 0 Å². The Kier molecular flexibility index (Phi) is 3.57. The standard InChI is InChI=1S/C18H25NO3/c1-12(20)19-9-18(4,5)14-8-13(6-7-15(14)19)16-21-10-17(2,3)11-22-16/h6-8,16H,9-11H2,1-5H3. The molecule has 0 aromatic heterocycles. The van der Waals surface area contributed by atoms with Crippen LogP contribution in [0.25, 0.3) is 0 Å². The van der Waals surface area contributed by atoms with Crippen LogP contribution in [0.4, 0.5) is 5.69 Å². The lowest BCUT2D eigenvalue weighted by molar-refractivity contribution is -0.226. The first-order valence-electron chi connectivity index (χ1n) is 7.85. The second-order valence-corrected chi connectivity index (χ2v) is 7.88. The first-order valence-corrected chi connectivity index (χ1v) is 7.85. The van der Waals surface area contributed by atoms with Gasteiger partial charge in [-0.1, -0.05) is 33.8 Å². The van der Waals surface area contributed by atoms with Gasteiger partial charge in [0, 0.05) is 35.5 Å². The Hall–Kier alpha value is -1.39. The molecule has 0 aliphatic carbocycles. The van der Waals surface area contributed by atoms with Gasteiger partial charge in [0.05, 0.1) is 13.2 Å². The SMILES string of the molecule is CC(=O)N1CC(C)(C)c2cc(C3OCC(C)(C)CO3)ccc21. The minimum atomic E-state index is -0.305. The molecule has 1 aromatic carbocycles. The van der Waals surface area contributed by atoms with Crippen molar-refractivity contribution < 1.29 is 14.3 Å². The molecule has 0 spiro atoms. The highest BCUT2D eigenvalue weighted by Gasteiger charge is 2.38. The van der Waals surface area contributed by atoms with Crippen molar-refractivity contribution in [1.29, 1.82) is 0 Å². The maximum atomic E-state index is 11.8. The first-order chi connectivity index (χ1) is 10.2. The molecule has 0 atom stereocenters. The van der Waals surface area contributed by atoms with Crippen molar-refractivity contribution in [2.24, 2.45) is 5.41 Å². The quantitative estimate of drug-likeness (QED) is 0.798. The predicted molar refractivity (Wildman–Crippen MR) is 85.9 cm³/mol. The average molecular weight is 303 g/mol. The van der Waals surface area contributed by atoms with Gasteiger partial charge in [0.2, 0.25) is 5.91 Å². The third-order valence-electron chi connectivity index (χ3n) is 4.50. The molecule has 0 N–H and O–H groups in total. The van der Waals surface area contributed by atoms with Crippen LogP contribution in [0.2, 0.25) is 0 Å². The average Bonchev–Trinajstić information content (AvgIpc) is 2.71. The van der Waals surface area contributed by atoms with Crippen LogP contribution in [0.1, 0.15) is 52.0 Å². The Balaban J connectivity index is 1.90. The van der Waals surface area contributed by atoms with Crippen molar-refractivity contribution in [1.82, 2.24) is 0 Å². The zero-order valence-corrected chi connectivity index (χ0v) is 14.1. The van der Waals surface area contributed by atoms with Crippen molar-refractivity contribution in [3.63, 3.8) is 0 Å². The molecule has 0 bridgehead atoms. The highest BCUT2D eigenvalue weighted by atomic mass is 16.7. The van der Waals surface area contributed by atoms with Gasteiger partial charge in [-0.05, 0) is 17.7 Å². The molecule has 0 saturated carbocycles. The molecule has 0 radical (unpaired) electrons. The van der Waals surface area contributed by atoms with Gasteiger partial charge >= 0.3 is 0 Å². The lowest BCUT2D eigenvalue weighted by Crippen LogP contribution is -2.33. The number of anilines is 1. The molecule has 2 aliphatic rings. The van der Waals surface area contributed by atoms with E-state index in [-0.39, 0.29) is 23.0 Å². The van der Waals surface area contributed by atoms with Gasteiger partial charge in [0.25, 0.3) is 0 Å². The monoisotopic (exact) mass is 303 g/mol. The largest absolute Gasteiger partial charge is 0.348 e. The number of nitrogens with zero attached hydrogens (tertiary/aromatic N) is 1. The molecule has 1 amide bonds. The zero-order chi connectivity index (χ0) is 16.1. The summed E-state index contributed by atoms with van der Waals surface area (Å²) >= 11 is 0. The van der Waals surface area contributed by atoms with Gasteiger partial charge in [-0.2, -0.15) is 0 Å². The van der Waals surface area contributed by atoms with Gasteiger partial charge < -0.3 is 14.4 Å². The van der Waals surface area contributed by atoms with E-state index in [2.05, 4.69) is 33.8 Å². The number of rotatable bonds is 1. The lowest BCUT2D eigenvalue weighted by atomic mass is 9.86. The predicted octanol–water partition coefficient (Wildman–Crippen LogP) is 3.40. The van der Waals surface area contributed by atoms with Crippen molar-refractivity contribution >= 4 is 11.6 Å². The summed E-state index contributed by atoms with van der Waals surface area (Å²) < 4.78 is 11.8. The van der Waals surface area contributed by atoms with E-state index < -0.39 is 0 Å². The van der Waals surface area contributed by atoms with E-state index in [1.807, 2.05) is 17.0 Å². The summed E-state index contributed by atoms with van der Waals surface area (Å²) in [6, 6.07) is 6.17. The molecule has 1 saturated heterocycles. The van der Waals surface area contributed by atoms with Crippen molar-refractivity contribution in [3.05, 3.63) is 29.3 Å². The van der Waals surface area contributed by atoms with E-state index >= 15 is 0 Å². The van der Waals surface area contributed by atoms with E-state index in [1.165, 1.54) is 5.56 Å². The number of amides is 1. The smallest absolute Gasteiger partial charge is 0.223 e. The third kappa shape index (κ3) is 2.66. The van der Waals surface area contributed by atoms with Crippen LogP contribution in [-0.2, 0) is 19.7 Å². The first kappa shape index (κ1) is 15.5. The fraction of sp³-hybridized carbons (Fsp3) is 0.611. The Bertz CT molecular complexity index is 596. The Morgan fingerprint density at radius 3 is 2.41 bits per heavy atom. The number of fused-ring (bicyclic) bond motifs is 1. The molecule has 4 heteroatoms. The Labute approximate surface area is 132 Å². The number of carbonyl (C=O) groups excluding carboxylic acids is 1. The van der Waals surface area contributed by atoms with Crippen molar-refractivity contribution in [2.75, 3.05) is 24.7 Å². The third-order valence-corrected chi connectivity index (χ3v) is 4.50. The fourth-order valence-electron chi connectivity index (χ4n) is 3.21. The van der Waals surface area contributed by atoms with Crippen LogP contribution in [0.15, 0.2) is 18.2 Å². The number of carbonyl (C=O) groups is 1. The van der Waals surface area contributed by atoms with E-state index in [0.717, 1.165) is 17.8 Å². The van der Waals surface area contributed by atoms with Gasteiger partial charge in [-0.15, -0.1) is 0 Å². The number of ether oxygens (including phenoxy) is 2. The fourth-order valence-corrected chi connectivity index (χ4v) is 3.21. The number of hydrogen-bond acceptors (Lipinski definition) is 3. The summed E-state index contributed by atoms with van der Waals surface area (Å²) in [5, 5.41) is 0. The Morgan fingerprint density at radius 2 is 1.82 bits per heavy atom. The molecule has 3 rings (SSSR count). The summed E-state index contributed by atoms with van der Waals surface area (Å²) in [7, 11) is 0. The minimum absolute atomic E-state index is 0.0506. The van der Waals surface area contributed by atoms with Crippen LogP contribution in [0.5, 0.6) is 0 Å². The van der Waals surface area contributed by atoms with Crippen LogP contribution >= 0.6 is 0 Å². The van der Waals surface area contributed by atoms with E-state index in [0.29, 0.717) is 13.2 Å². The molecule has 22 heavy (non-hydrogen) atoms. The van der Waals surface area contributed by atoms with Gasteiger partial charge in [0.15, 0.2) is 6.29 Å². The summed E-state index contributed by atoms with van der Waals surface area (Å²) in [5.41, 5.74) is 3.26. The highest BCUT2D eigenvalue weighted by Crippen LogP contribution is 2.42. The van der Waals surface area contributed by atoms with Crippen LogP contribution in [0, 0.1) is 5.41 Å². The summed E-state index contributed by atoms with van der Waals surface area (Å²) in [6.45, 7) is 12.3. The summed E-state index contributed by atoms with van der Waals surface area (Å²) in [5.74, 6) is 0.0893. The Morgan fingerprint density at radius 1 is 1.18 bits per heavy atom. The normalized spacial score (nSPS) is 23.4. The summed E-state index contributed by atoms with van der Waals surface area (Å²) in [4.78, 5) is 13.7.